The highest BCUT2D eigenvalue weighted by molar-refractivity contribution is 5.85. The van der Waals surface area contributed by atoms with Crippen molar-refractivity contribution in [3.63, 3.8) is 0 Å². The summed E-state index contributed by atoms with van der Waals surface area (Å²) in [5.74, 6) is 0.745. The molecule has 2 nitrogen and oxygen atoms in total. The molecule has 2 rings (SSSR count). The van der Waals surface area contributed by atoms with Gasteiger partial charge in [-0.2, -0.15) is 0 Å². The van der Waals surface area contributed by atoms with Crippen LogP contribution in [0.2, 0.25) is 0 Å². The number of halogens is 1. The second kappa shape index (κ2) is 10.7. The van der Waals surface area contributed by atoms with E-state index in [9.17, 15) is 9.90 Å². The number of carbonyl (C=O) groups excluding carboxylic acids is 1. The highest BCUT2D eigenvalue weighted by Crippen LogP contribution is 2.30. The van der Waals surface area contributed by atoms with Crippen molar-refractivity contribution in [1.82, 2.24) is 0 Å². The monoisotopic (exact) mass is 337 g/mol. The predicted molar refractivity (Wildman–Crippen MR) is 95.7 cm³/mol. The third-order valence-corrected chi connectivity index (χ3v) is 5.08. The Hall–Kier alpha value is -1.02. The zero-order chi connectivity index (χ0) is 15.8. The summed E-state index contributed by atoms with van der Waals surface area (Å²) in [7, 11) is 0. The summed E-state index contributed by atoms with van der Waals surface area (Å²) in [6, 6.07) is 8.27. The first-order chi connectivity index (χ1) is 10.6. The Bertz CT molecular complexity index is 466. The molecule has 1 aliphatic carbocycles. The van der Waals surface area contributed by atoms with E-state index in [0.29, 0.717) is 6.42 Å². The lowest BCUT2D eigenvalue weighted by Gasteiger charge is -2.24. The predicted octanol–water partition coefficient (Wildman–Crippen LogP) is 4.33. The lowest BCUT2D eigenvalue weighted by Crippen LogP contribution is -2.22. The fraction of sp³-hybridized carbons (Fsp3) is 0.650. The standard InChI is InChI=1S/C20H30O2.ClH/c1-16(15-17-7-3-2-4-8-17)11-12-18-9-5-6-10-19(18)13-14-20(21)22;/h5-6,9-10,16-17H,2-4,7-8,11-15H2,1H3,(H,21,22);1H/p-1. The van der Waals surface area contributed by atoms with Crippen molar-refractivity contribution in [3.05, 3.63) is 35.4 Å². The molecule has 1 aliphatic rings. The first kappa shape index (κ1) is 20.0. The number of rotatable bonds is 8. The minimum absolute atomic E-state index is 0. The zero-order valence-electron chi connectivity index (χ0n) is 14.3. The Labute approximate surface area is 147 Å². The maximum absolute atomic E-state index is 10.7. The van der Waals surface area contributed by atoms with Crippen LogP contribution in [-0.4, -0.2) is 5.97 Å². The Morgan fingerprint density at radius 3 is 2.35 bits per heavy atom. The van der Waals surface area contributed by atoms with E-state index in [4.69, 9.17) is 0 Å². The van der Waals surface area contributed by atoms with Gasteiger partial charge in [-0.15, -0.1) is 12.4 Å². The summed E-state index contributed by atoms with van der Waals surface area (Å²) >= 11 is 0. The number of carboxylic acid groups (broad SMARTS) is 1. The van der Waals surface area contributed by atoms with Crippen LogP contribution < -0.4 is 5.11 Å². The third-order valence-electron chi connectivity index (χ3n) is 5.08. The second-order valence-electron chi connectivity index (χ2n) is 7.02. The summed E-state index contributed by atoms with van der Waals surface area (Å²) < 4.78 is 0. The smallest absolute Gasteiger partial charge is 0.0417 e. The van der Waals surface area contributed by atoms with E-state index >= 15 is 0 Å². The summed E-state index contributed by atoms with van der Waals surface area (Å²) in [4.78, 5) is 10.7. The molecule has 0 heterocycles. The summed E-state index contributed by atoms with van der Waals surface area (Å²) in [5.41, 5.74) is 2.50. The van der Waals surface area contributed by atoms with Crippen LogP contribution in [0.4, 0.5) is 0 Å². The molecule has 1 saturated carbocycles. The van der Waals surface area contributed by atoms with Gasteiger partial charge in [-0.1, -0.05) is 63.3 Å². The second-order valence-corrected chi connectivity index (χ2v) is 7.02. The van der Waals surface area contributed by atoms with Crippen molar-refractivity contribution in [2.45, 2.75) is 71.1 Å². The maximum Gasteiger partial charge on any atom is 0.0417 e. The number of benzene rings is 1. The molecule has 0 amide bonds. The van der Waals surface area contributed by atoms with E-state index in [1.807, 2.05) is 6.07 Å². The SMILES string of the molecule is CC(CCc1ccccc1CCC(=O)[O-])CC1CCCCC1.Cl. The Kier molecular flexibility index (Phi) is 9.31. The Morgan fingerprint density at radius 2 is 1.74 bits per heavy atom. The fourth-order valence-electron chi connectivity index (χ4n) is 3.79. The van der Waals surface area contributed by atoms with Crippen molar-refractivity contribution in [2.24, 2.45) is 11.8 Å². The first-order valence-electron chi connectivity index (χ1n) is 8.91. The van der Waals surface area contributed by atoms with Gasteiger partial charge in [0, 0.05) is 5.97 Å². The van der Waals surface area contributed by atoms with Gasteiger partial charge in [-0.3, -0.25) is 0 Å². The molecule has 0 spiro atoms. The Morgan fingerprint density at radius 1 is 1.13 bits per heavy atom. The quantitative estimate of drug-likeness (QED) is 0.708. The molecule has 3 heteroatoms. The fourth-order valence-corrected chi connectivity index (χ4v) is 3.79. The first-order valence-corrected chi connectivity index (χ1v) is 8.91. The molecule has 130 valence electrons. The lowest BCUT2D eigenvalue weighted by atomic mass is 9.81. The van der Waals surface area contributed by atoms with E-state index in [2.05, 4.69) is 25.1 Å². The number of hydrogen-bond donors (Lipinski definition) is 0. The van der Waals surface area contributed by atoms with Gasteiger partial charge in [-0.05, 0) is 55.1 Å². The number of carboxylic acids is 1. The minimum atomic E-state index is -0.958. The molecule has 1 unspecified atom stereocenters. The molecule has 1 aromatic carbocycles. The zero-order valence-corrected chi connectivity index (χ0v) is 15.1. The number of aryl methyl sites for hydroxylation is 2. The van der Waals surface area contributed by atoms with E-state index in [1.165, 1.54) is 56.1 Å². The molecule has 23 heavy (non-hydrogen) atoms. The van der Waals surface area contributed by atoms with Gasteiger partial charge in [-0.25, -0.2) is 0 Å². The van der Waals surface area contributed by atoms with Gasteiger partial charge in [0.1, 0.15) is 0 Å². The van der Waals surface area contributed by atoms with Gasteiger partial charge >= 0.3 is 0 Å². The molecule has 0 aromatic heterocycles. The average Bonchev–Trinajstić information content (AvgIpc) is 2.52. The molecule has 0 radical (unpaired) electrons. The highest BCUT2D eigenvalue weighted by atomic mass is 35.5. The maximum atomic E-state index is 10.7. The van der Waals surface area contributed by atoms with E-state index < -0.39 is 5.97 Å². The van der Waals surface area contributed by atoms with Crippen LogP contribution in [0.15, 0.2) is 24.3 Å². The molecular weight excluding hydrogens is 308 g/mol. The van der Waals surface area contributed by atoms with Gasteiger partial charge < -0.3 is 9.90 Å². The molecule has 0 saturated heterocycles. The van der Waals surface area contributed by atoms with Crippen LogP contribution in [0, 0.1) is 11.8 Å². The van der Waals surface area contributed by atoms with Crippen molar-refractivity contribution in [3.8, 4) is 0 Å². The summed E-state index contributed by atoms with van der Waals surface area (Å²) in [5, 5.41) is 10.7. The Balaban J connectivity index is 0.00000264. The largest absolute Gasteiger partial charge is 0.550 e. The van der Waals surface area contributed by atoms with Gasteiger partial charge in [0.05, 0.1) is 0 Å². The molecule has 1 aromatic rings. The van der Waals surface area contributed by atoms with E-state index in [0.717, 1.165) is 18.3 Å². The average molecular weight is 338 g/mol. The van der Waals surface area contributed by atoms with Crippen molar-refractivity contribution >= 4 is 18.4 Å². The van der Waals surface area contributed by atoms with Gasteiger partial charge in [0.15, 0.2) is 0 Å². The van der Waals surface area contributed by atoms with Gasteiger partial charge in [0.25, 0.3) is 0 Å². The number of carbonyl (C=O) groups is 1. The number of aliphatic carboxylic acids is 1. The normalized spacial score (nSPS) is 16.6. The van der Waals surface area contributed by atoms with Crippen LogP contribution in [0.5, 0.6) is 0 Å². The molecule has 0 aliphatic heterocycles. The topological polar surface area (TPSA) is 40.1 Å². The van der Waals surface area contributed by atoms with Crippen molar-refractivity contribution in [1.29, 1.82) is 0 Å². The highest BCUT2D eigenvalue weighted by Gasteiger charge is 2.16. The van der Waals surface area contributed by atoms with Crippen LogP contribution in [0.3, 0.4) is 0 Å². The molecular formula is C20H30ClO2-. The molecule has 0 bridgehead atoms. The number of hydrogen-bond acceptors (Lipinski definition) is 2. The molecule has 1 fully saturated rings. The summed E-state index contributed by atoms with van der Waals surface area (Å²) in [6.07, 6.45) is 11.5. The molecule has 1 atom stereocenters. The van der Waals surface area contributed by atoms with Crippen molar-refractivity contribution < 1.29 is 9.90 Å². The molecule has 0 N–H and O–H groups in total. The van der Waals surface area contributed by atoms with Crippen LogP contribution in [0.1, 0.15) is 69.4 Å². The van der Waals surface area contributed by atoms with Crippen molar-refractivity contribution in [2.75, 3.05) is 0 Å². The minimum Gasteiger partial charge on any atom is -0.550 e. The van der Waals surface area contributed by atoms with Crippen LogP contribution in [-0.2, 0) is 17.6 Å². The van der Waals surface area contributed by atoms with E-state index in [-0.39, 0.29) is 18.8 Å². The van der Waals surface area contributed by atoms with Crippen LogP contribution in [0.25, 0.3) is 0 Å². The van der Waals surface area contributed by atoms with E-state index in [1.54, 1.807) is 0 Å². The third kappa shape index (κ3) is 7.39. The van der Waals surface area contributed by atoms with Crippen LogP contribution >= 0.6 is 12.4 Å². The summed E-state index contributed by atoms with van der Waals surface area (Å²) in [6.45, 7) is 2.37. The lowest BCUT2D eigenvalue weighted by molar-refractivity contribution is -0.305. The van der Waals surface area contributed by atoms with Gasteiger partial charge in [0.2, 0.25) is 0 Å².